The van der Waals surface area contributed by atoms with Gasteiger partial charge in [-0.2, -0.15) is 13.7 Å². The van der Waals surface area contributed by atoms with Gasteiger partial charge in [0.2, 0.25) is 5.85 Å². The van der Waals surface area contributed by atoms with Gasteiger partial charge in [0, 0.05) is 0 Å². The zero-order valence-corrected chi connectivity index (χ0v) is 10.2. The van der Waals surface area contributed by atoms with E-state index in [1.807, 2.05) is 0 Å². The van der Waals surface area contributed by atoms with Gasteiger partial charge < -0.3 is 14.0 Å². The first-order valence-corrected chi connectivity index (χ1v) is 6.89. The molecule has 0 aromatic heterocycles. The largest absolute Gasteiger partial charge is 1.00 e. The van der Waals surface area contributed by atoms with Crippen LogP contribution in [0.1, 0.15) is 6.92 Å². The van der Waals surface area contributed by atoms with Crippen LogP contribution in [-0.2, 0) is 23.4 Å². The third-order valence-corrected chi connectivity index (χ3v) is 3.07. The summed E-state index contributed by atoms with van der Waals surface area (Å²) in [5.74, 6) is -2.13. The van der Waals surface area contributed by atoms with Gasteiger partial charge in [0.25, 0.3) is 10.1 Å². The minimum Gasteiger partial charge on any atom is -0.776 e. The molecule has 2 atom stereocenters. The standard InChI is InChI=1S/C5H10NO6PS.Li/c1-3-11-13(7,8)5(4-6)12-14(2,9)10;/h5H,3H2,1-2H3,(H,7,8);/q;+1/p-1. The minimum absolute atomic E-state index is 0. The first kappa shape index (κ1) is 17.5. The molecule has 0 aliphatic rings. The fourth-order valence-electron chi connectivity index (χ4n) is 0.558. The number of hydrogen-bond donors (Lipinski definition) is 0. The Labute approximate surface area is 100 Å². The number of hydrogen-bond acceptors (Lipinski definition) is 7. The van der Waals surface area contributed by atoms with E-state index < -0.39 is 23.6 Å². The second-order valence-electron chi connectivity index (χ2n) is 2.24. The summed E-state index contributed by atoms with van der Waals surface area (Å²) >= 11 is 0. The fourth-order valence-corrected chi connectivity index (χ4v) is 2.46. The maximum atomic E-state index is 11.0. The van der Waals surface area contributed by atoms with Crippen LogP contribution in [0.15, 0.2) is 0 Å². The van der Waals surface area contributed by atoms with E-state index in [0.29, 0.717) is 6.26 Å². The summed E-state index contributed by atoms with van der Waals surface area (Å²) in [6.45, 7) is 1.20. The van der Waals surface area contributed by atoms with Gasteiger partial charge in [-0.25, -0.2) is 4.18 Å². The van der Waals surface area contributed by atoms with Crippen molar-refractivity contribution >= 4 is 17.7 Å². The molecule has 15 heavy (non-hydrogen) atoms. The van der Waals surface area contributed by atoms with Crippen molar-refractivity contribution in [3.8, 4) is 6.07 Å². The first-order valence-electron chi connectivity index (χ1n) is 3.46. The molecule has 0 aliphatic heterocycles. The van der Waals surface area contributed by atoms with Gasteiger partial charge in [-0.1, -0.05) is 0 Å². The number of nitriles is 1. The molecule has 0 rings (SSSR count). The summed E-state index contributed by atoms with van der Waals surface area (Å²) in [5, 5.41) is 8.36. The van der Waals surface area contributed by atoms with E-state index in [9.17, 15) is 17.9 Å². The Balaban J connectivity index is 0. The van der Waals surface area contributed by atoms with Crippen LogP contribution in [-0.4, -0.2) is 27.1 Å². The van der Waals surface area contributed by atoms with Crippen molar-refractivity contribution in [2.45, 2.75) is 12.8 Å². The van der Waals surface area contributed by atoms with E-state index in [2.05, 4.69) is 8.71 Å². The molecule has 0 aliphatic carbocycles. The summed E-state index contributed by atoms with van der Waals surface area (Å²) in [7, 11) is -8.62. The van der Waals surface area contributed by atoms with Crippen LogP contribution in [0, 0.1) is 11.3 Å². The molecule has 0 aromatic carbocycles. The van der Waals surface area contributed by atoms with Gasteiger partial charge >= 0.3 is 18.9 Å². The average molecular weight is 249 g/mol. The van der Waals surface area contributed by atoms with Crippen LogP contribution in [0.2, 0.25) is 0 Å². The van der Waals surface area contributed by atoms with E-state index in [1.54, 1.807) is 0 Å². The second kappa shape index (κ2) is 6.67. The van der Waals surface area contributed by atoms with Crippen molar-refractivity contribution < 1.29 is 45.4 Å². The topological polar surface area (TPSA) is 117 Å². The Kier molecular flexibility index (Phi) is 7.80. The second-order valence-corrected chi connectivity index (χ2v) is 5.65. The van der Waals surface area contributed by atoms with Gasteiger partial charge in [0.1, 0.15) is 6.07 Å². The molecule has 0 saturated heterocycles. The molecule has 0 radical (unpaired) electrons. The van der Waals surface area contributed by atoms with E-state index in [4.69, 9.17) is 5.26 Å². The van der Waals surface area contributed by atoms with E-state index in [-0.39, 0.29) is 25.5 Å². The number of nitrogens with zero attached hydrogens (tertiary/aromatic N) is 1. The van der Waals surface area contributed by atoms with Crippen LogP contribution in [0.3, 0.4) is 0 Å². The van der Waals surface area contributed by atoms with Gasteiger partial charge in [-0.05, 0) is 6.92 Å². The van der Waals surface area contributed by atoms with E-state index in [1.165, 1.54) is 13.0 Å². The zero-order chi connectivity index (χ0) is 11.4. The molecule has 0 spiro atoms. The molecule has 0 amide bonds. The molecule has 0 aromatic rings. The van der Waals surface area contributed by atoms with Crippen LogP contribution in [0.4, 0.5) is 0 Å². The van der Waals surface area contributed by atoms with Crippen molar-refractivity contribution in [3.63, 3.8) is 0 Å². The van der Waals surface area contributed by atoms with Crippen LogP contribution < -0.4 is 23.8 Å². The SMILES string of the molecule is CCOP(=O)([O-])C(C#N)OS(C)(=O)=O.[Li+]. The van der Waals surface area contributed by atoms with Crippen LogP contribution in [0.5, 0.6) is 0 Å². The molecule has 0 fully saturated rings. The molecule has 0 N–H and O–H groups in total. The smallest absolute Gasteiger partial charge is 0.776 e. The van der Waals surface area contributed by atoms with Crippen molar-refractivity contribution in [1.82, 2.24) is 0 Å². The third kappa shape index (κ3) is 7.10. The molecule has 0 bridgehead atoms. The van der Waals surface area contributed by atoms with Crippen LogP contribution >= 0.6 is 7.60 Å². The molecule has 10 heteroatoms. The average Bonchev–Trinajstić information content (AvgIpc) is 1.98. The molecule has 0 heterocycles. The molecule has 7 nitrogen and oxygen atoms in total. The Morgan fingerprint density at radius 3 is 2.33 bits per heavy atom. The van der Waals surface area contributed by atoms with Crippen molar-refractivity contribution in [1.29, 1.82) is 5.26 Å². The predicted molar refractivity (Wildman–Crippen MR) is 44.6 cm³/mol. The van der Waals surface area contributed by atoms with Crippen LogP contribution in [0.25, 0.3) is 0 Å². The van der Waals surface area contributed by atoms with Crippen molar-refractivity contribution in [2.24, 2.45) is 0 Å². The van der Waals surface area contributed by atoms with E-state index >= 15 is 0 Å². The fraction of sp³-hybridized carbons (Fsp3) is 0.800. The Morgan fingerprint density at radius 1 is 1.60 bits per heavy atom. The Hall–Kier alpha value is 0.147. The summed E-state index contributed by atoms with van der Waals surface area (Å²) < 4.78 is 40.4. The third-order valence-electron chi connectivity index (χ3n) is 0.973. The Morgan fingerprint density at radius 2 is 2.07 bits per heavy atom. The molecular weight excluding hydrogens is 240 g/mol. The maximum absolute atomic E-state index is 11.0. The normalized spacial score (nSPS) is 16.9. The monoisotopic (exact) mass is 249 g/mol. The number of rotatable bonds is 5. The maximum Gasteiger partial charge on any atom is 1.00 e. The van der Waals surface area contributed by atoms with E-state index in [0.717, 1.165) is 0 Å². The van der Waals surface area contributed by atoms with Crippen molar-refractivity contribution in [2.75, 3.05) is 12.9 Å². The summed E-state index contributed by atoms with van der Waals surface area (Å²) in [4.78, 5) is 11.0. The molecule has 0 saturated carbocycles. The van der Waals surface area contributed by atoms with Gasteiger partial charge in [-0.15, -0.1) is 0 Å². The Bertz CT molecular complexity index is 375. The predicted octanol–water partition coefficient (Wildman–Crippen LogP) is -3.59. The van der Waals surface area contributed by atoms with Gasteiger partial charge in [-0.3, -0.25) is 0 Å². The minimum atomic E-state index is -4.61. The quantitative estimate of drug-likeness (QED) is 0.281. The summed E-state index contributed by atoms with van der Waals surface area (Å²) in [5.41, 5.74) is 0. The molecule has 2 unspecified atom stereocenters. The van der Waals surface area contributed by atoms with Crippen molar-refractivity contribution in [3.05, 3.63) is 0 Å². The van der Waals surface area contributed by atoms with Gasteiger partial charge in [0.05, 0.1) is 12.9 Å². The molecular formula is C5H9LiNO6PS. The summed E-state index contributed by atoms with van der Waals surface area (Å²) in [6, 6.07) is 1.18. The first-order chi connectivity index (χ1) is 6.23. The zero-order valence-electron chi connectivity index (χ0n) is 8.54. The van der Waals surface area contributed by atoms with Gasteiger partial charge in [0.15, 0.2) is 7.60 Å². The summed E-state index contributed by atoms with van der Waals surface area (Å²) in [6.07, 6.45) is 0.642. The molecule has 82 valence electrons.